The topological polar surface area (TPSA) is 73.9 Å². The second-order valence-corrected chi connectivity index (χ2v) is 10.8. The summed E-state index contributed by atoms with van der Waals surface area (Å²) in [5, 5.41) is 2.79. The van der Waals surface area contributed by atoms with Crippen molar-refractivity contribution in [3.63, 3.8) is 0 Å². The van der Waals surface area contributed by atoms with Gasteiger partial charge in [-0.05, 0) is 67.1 Å². The largest absolute Gasteiger partial charge is 0.492 e. The summed E-state index contributed by atoms with van der Waals surface area (Å²) in [6, 6.07) is 20.6. The van der Waals surface area contributed by atoms with Crippen molar-refractivity contribution in [1.29, 1.82) is 0 Å². The van der Waals surface area contributed by atoms with Crippen LogP contribution in [0, 0.1) is 5.82 Å². The molecule has 1 amide bonds. The van der Waals surface area contributed by atoms with E-state index < -0.39 is 30.2 Å². The summed E-state index contributed by atoms with van der Waals surface area (Å²) >= 11 is 0. The molecule has 0 saturated carbocycles. The number of aldehydes is 1. The highest BCUT2D eigenvalue weighted by molar-refractivity contribution is 6.56. The molecule has 6 nitrogen and oxygen atoms in total. The maximum Gasteiger partial charge on any atom is 0.492 e. The molecular weight excluding hydrogens is 496 g/mol. The van der Waals surface area contributed by atoms with Crippen LogP contribution in [-0.2, 0) is 14.0 Å². The molecule has 2 aliphatic rings. The Morgan fingerprint density at radius 2 is 1.54 bits per heavy atom. The van der Waals surface area contributed by atoms with E-state index in [0.717, 1.165) is 22.3 Å². The maximum atomic E-state index is 14.3. The summed E-state index contributed by atoms with van der Waals surface area (Å²) in [5.74, 6) is -0.694. The molecule has 1 heterocycles. The fourth-order valence-electron chi connectivity index (χ4n) is 5.02. The van der Waals surface area contributed by atoms with Crippen molar-refractivity contribution < 1.29 is 28.0 Å². The number of alkyl carbamates (subject to hydrolysis) is 1. The number of hydrogen-bond acceptors (Lipinski definition) is 5. The van der Waals surface area contributed by atoms with Crippen molar-refractivity contribution in [2.45, 2.75) is 44.8 Å². The minimum atomic E-state index is -0.813. The highest BCUT2D eigenvalue weighted by Gasteiger charge is 2.52. The van der Waals surface area contributed by atoms with Crippen LogP contribution < -0.4 is 5.32 Å². The molecule has 3 aromatic carbocycles. The standard InChI is InChI=1S/C31H31BFNO5/c1-30(2)31(3,4)39-32(38-30)21(16-20-10-9-15-28(33)26(20)18-35)17-34-29(36)37-19-27-24-13-7-5-11-22(24)23-12-6-8-14-25(23)27/h5-16,18,27H,17,19H2,1-4H3,(H,34,36). The van der Waals surface area contributed by atoms with Crippen LogP contribution in [0.3, 0.4) is 0 Å². The van der Waals surface area contributed by atoms with Gasteiger partial charge >= 0.3 is 13.2 Å². The Bertz CT molecular complexity index is 1390. The molecule has 0 atom stereocenters. The van der Waals surface area contributed by atoms with Gasteiger partial charge in [-0.3, -0.25) is 4.79 Å². The van der Waals surface area contributed by atoms with E-state index in [-0.39, 0.29) is 24.6 Å². The average Bonchev–Trinajstić information content (AvgIpc) is 3.34. The Balaban J connectivity index is 1.33. The van der Waals surface area contributed by atoms with Crippen molar-refractivity contribution in [2.24, 2.45) is 0 Å². The third-order valence-corrected chi connectivity index (χ3v) is 7.88. The minimum absolute atomic E-state index is 0.0162. The molecule has 0 unspecified atom stereocenters. The Hall–Kier alpha value is -3.75. The zero-order chi connectivity index (χ0) is 27.8. The number of carbonyl (C=O) groups is 2. The van der Waals surface area contributed by atoms with Gasteiger partial charge in [0.05, 0.1) is 16.8 Å². The van der Waals surface area contributed by atoms with Gasteiger partial charge in [-0.15, -0.1) is 0 Å². The molecule has 1 fully saturated rings. The van der Waals surface area contributed by atoms with Crippen molar-refractivity contribution >= 4 is 25.6 Å². The molecule has 1 aliphatic heterocycles. The summed E-state index contributed by atoms with van der Waals surface area (Å²) in [5.41, 5.74) is 4.09. The number of halogens is 1. The van der Waals surface area contributed by atoms with Crippen LogP contribution in [0.5, 0.6) is 0 Å². The molecule has 0 aromatic heterocycles. The fourth-order valence-corrected chi connectivity index (χ4v) is 5.02. The zero-order valence-corrected chi connectivity index (χ0v) is 22.5. The minimum Gasteiger partial charge on any atom is -0.449 e. The summed E-state index contributed by atoms with van der Waals surface area (Å²) in [6.07, 6.45) is 1.50. The lowest BCUT2D eigenvalue weighted by molar-refractivity contribution is 0.00578. The van der Waals surface area contributed by atoms with Crippen molar-refractivity contribution in [1.82, 2.24) is 5.32 Å². The van der Waals surface area contributed by atoms with E-state index in [4.69, 9.17) is 14.0 Å². The van der Waals surface area contributed by atoms with E-state index in [1.54, 1.807) is 12.1 Å². The van der Waals surface area contributed by atoms with E-state index in [9.17, 15) is 14.0 Å². The molecule has 0 bridgehead atoms. The summed E-state index contributed by atoms with van der Waals surface area (Å²) in [4.78, 5) is 24.5. The van der Waals surface area contributed by atoms with Crippen molar-refractivity contribution in [3.8, 4) is 11.1 Å². The van der Waals surface area contributed by atoms with Crippen LogP contribution in [0.1, 0.15) is 60.7 Å². The summed E-state index contributed by atoms with van der Waals surface area (Å²) in [7, 11) is -0.813. The van der Waals surface area contributed by atoms with Gasteiger partial charge in [0.2, 0.25) is 0 Å². The van der Waals surface area contributed by atoms with E-state index in [1.165, 1.54) is 12.1 Å². The van der Waals surface area contributed by atoms with Crippen LogP contribution in [0.25, 0.3) is 17.2 Å². The number of benzene rings is 3. The van der Waals surface area contributed by atoms with Gasteiger partial charge < -0.3 is 19.4 Å². The third kappa shape index (κ3) is 5.14. The predicted octanol–water partition coefficient (Wildman–Crippen LogP) is 6.19. The average molecular weight is 527 g/mol. The Morgan fingerprint density at radius 1 is 0.949 bits per heavy atom. The smallest absolute Gasteiger partial charge is 0.449 e. The van der Waals surface area contributed by atoms with Crippen LogP contribution in [0.2, 0.25) is 0 Å². The van der Waals surface area contributed by atoms with E-state index in [0.29, 0.717) is 17.3 Å². The number of amides is 1. The first kappa shape index (κ1) is 26.8. The van der Waals surface area contributed by atoms with Crippen LogP contribution in [0.4, 0.5) is 9.18 Å². The van der Waals surface area contributed by atoms with Gasteiger partial charge in [0.25, 0.3) is 0 Å². The van der Waals surface area contributed by atoms with Crippen molar-refractivity contribution in [2.75, 3.05) is 13.2 Å². The molecule has 1 aliphatic carbocycles. The number of hydrogen-bond donors (Lipinski definition) is 1. The van der Waals surface area contributed by atoms with Crippen LogP contribution in [-0.4, -0.2) is 43.9 Å². The van der Waals surface area contributed by atoms with Gasteiger partial charge in [0, 0.05) is 12.5 Å². The Morgan fingerprint density at radius 3 is 2.13 bits per heavy atom. The summed E-state index contributed by atoms with van der Waals surface area (Å²) < 4.78 is 32.3. The highest BCUT2D eigenvalue weighted by Crippen LogP contribution is 2.44. The molecule has 3 aromatic rings. The maximum absolute atomic E-state index is 14.3. The lowest BCUT2D eigenvalue weighted by atomic mass is 9.76. The molecule has 0 radical (unpaired) electrons. The molecule has 200 valence electrons. The lowest BCUT2D eigenvalue weighted by Crippen LogP contribution is -2.41. The van der Waals surface area contributed by atoms with E-state index >= 15 is 0 Å². The van der Waals surface area contributed by atoms with Crippen LogP contribution in [0.15, 0.2) is 72.2 Å². The molecule has 8 heteroatoms. The molecule has 39 heavy (non-hydrogen) atoms. The normalized spacial score (nSPS) is 17.5. The Kier molecular flexibility index (Phi) is 7.18. The zero-order valence-electron chi connectivity index (χ0n) is 22.5. The first-order chi connectivity index (χ1) is 18.6. The molecule has 1 saturated heterocycles. The SMILES string of the molecule is CC1(C)OB(C(=Cc2cccc(F)c2C=O)CNC(=O)OCC2c3ccccc3-c3ccccc32)OC1(C)C. The van der Waals surface area contributed by atoms with E-state index in [1.807, 2.05) is 52.0 Å². The molecule has 5 rings (SSSR count). The molecular formula is C31H31BFNO5. The van der Waals surface area contributed by atoms with Gasteiger partial charge in [-0.2, -0.15) is 0 Å². The van der Waals surface area contributed by atoms with Crippen LogP contribution >= 0.6 is 0 Å². The first-order valence-electron chi connectivity index (χ1n) is 13.0. The number of carbonyl (C=O) groups excluding carboxylic acids is 2. The second-order valence-electron chi connectivity index (χ2n) is 10.8. The van der Waals surface area contributed by atoms with Gasteiger partial charge in [-0.1, -0.05) is 66.7 Å². The molecule has 1 N–H and O–H groups in total. The summed E-state index contributed by atoms with van der Waals surface area (Å²) in [6.45, 7) is 7.87. The lowest BCUT2D eigenvalue weighted by Gasteiger charge is -2.32. The third-order valence-electron chi connectivity index (χ3n) is 7.88. The number of ether oxygens (including phenoxy) is 1. The van der Waals surface area contributed by atoms with E-state index in [2.05, 4.69) is 29.6 Å². The van der Waals surface area contributed by atoms with Gasteiger partial charge in [0.15, 0.2) is 6.29 Å². The Labute approximate surface area is 228 Å². The van der Waals surface area contributed by atoms with Crippen molar-refractivity contribution in [3.05, 3.63) is 100 Å². The highest BCUT2D eigenvalue weighted by atomic mass is 19.1. The fraction of sp³-hybridized carbons (Fsp3) is 0.290. The number of fused-ring (bicyclic) bond motifs is 3. The predicted molar refractivity (Wildman–Crippen MR) is 149 cm³/mol. The second kappa shape index (κ2) is 10.4. The first-order valence-corrected chi connectivity index (χ1v) is 13.0. The number of nitrogens with one attached hydrogen (secondary N) is 1. The molecule has 0 spiro atoms. The van der Waals surface area contributed by atoms with Gasteiger partial charge in [0.1, 0.15) is 12.4 Å². The quantitative estimate of drug-likeness (QED) is 0.293. The monoisotopic (exact) mass is 527 g/mol. The number of rotatable bonds is 7. The van der Waals surface area contributed by atoms with Gasteiger partial charge in [-0.25, -0.2) is 9.18 Å².